The molecule has 0 bridgehead atoms. The van der Waals surface area contributed by atoms with Gasteiger partial charge in [-0.3, -0.25) is 0 Å². The van der Waals surface area contributed by atoms with Gasteiger partial charge in [0.2, 0.25) is 11.9 Å². The van der Waals surface area contributed by atoms with Gasteiger partial charge in [0.1, 0.15) is 11.6 Å². The summed E-state index contributed by atoms with van der Waals surface area (Å²) < 4.78 is 18.9. The van der Waals surface area contributed by atoms with Crippen LogP contribution in [0.25, 0.3) is 0 Å². The maximum Gasteiger partial charge on any atom is 0.328 e. The molecule has 0 spiro atoms. The topological polar surface area (TPSA) is 63.2 Å². The molecule has 1 N–H and O–H groups in total. The highest BCUT2D eigenvalue weighted by molar-refractivity contribution is 5.39. The van der Waals surface area contributed by atoms with Gasteiger partial charge >= 0.3 is 6.01 Å². The number of aryl methyl sites for hydroxylation is 1. The van der Waals surface area contributed by atoms with Crippen molar-refractivity contribution in [1.29, 1.82) is 0 Å². The second-order valence-corrected chi connectivity index (χ2v) is 4.68. The first-order chi connectivity index (χ1) is 9.99. The SMILES string of the molecule is CCNc1nc(Oc2cc(F)ccc2C)nc(N(C)C)n1. The number of hydrogen-bond acceptors (Lipinski definition) is 6. The third-order valence-electron chi connectivity index (χ3n) is 2.69. The highest BCUT2D eigenvalue weighted by Gasteiger charge is 2.11. The normalized spacial score (nSPS) is 10.3. The number of benzene rings is 1. The quantitative estimate of drug-likeness (QED) is 0.913. The maximum atomic E-state index is 13.3. The number of halogens is 1. The Kier molecular flexibility index (Phi) is 4.52. The van der Waals surface area contributed by atoms with Gasteiger partial charge in [-0.2, -0.15) is 15.0 Å². The van der Waals surface area contributed by atoms with E-state index in [4.69, 9.17) is 4.74 Å². The van der Waals surface area contributed by atoms with Crippen molar-refractivity contribution in [3.05, 3.63) is 29.6 Å². The molecule has 1 aromatic carbocycles. The summed E-state index contributed by atoms with van der Waals surface area (Å²) in [5.41, 5.74) is 0.799. The Labute approximate surface area is 123 Å². The van der Waals surface area contributed by atoms with E-state index in [0.29, 0.717) is 24.2 Å². The predicted octanol–water partition coefficient (Wildman–Crippen LogP) is 2.61. The lowest BCUT2D eigenvalue weighted by atomic mass is 10.2. The number of rotatable bonds is 5. The fraction of sp³-hybridized carbons (Fsp3) is 0.357. The zero-order valence-corrected chi connectivity index (χ0v) is 12.5. The molecule has 1 aromatic heterocycles. The minimum Gasteiger partial charge on any atom is -0.424 e. The molecule has 2 aromatic rings. The standard InChI is InChI=1S/C14H18FN5O/c1-5-16-12-17-13(20(3)4)19-14(18-12)21-11-8-10(15)7-6-9(11)2/h6-8H,5H2,1-4H3,(H,16,17,18,19). The molecular weight excluding hydrogens is 273 g/mol. The zero-order valence-electron chi connectivity index (χ0n) is 12.5. The van der Waals surface area contributed by atoms with Gasteiger partial charge in [0.05, 0.1) is 0 Å². The minimum atomic E-state index is -0.371. The van der Waals surface area contributed by atoms with Crippen LogP contribution >= 0.6 is 0 Å². The number of anilines is 2. The third-order valence-corrected chi connectivity index (χ3v) is 2.69. The maximum absolute atomic E-state index is 13.3. The number of aromatic nitrogens is 3. The minimum absolute atomic E-state index is 0.123. The van der Waals surface area contributed by atoms with Gasteiger partial charge in [-0.15, -0.1) is 0 Å². The summed E-state index contributed by atoms with van der Waals surface area (Å²) in [7, 11) is 3.64. The van der Waals surface area contributed by atoms with E-state index in [1.807, 2.05) is 27.9 Å². The van der Waals surface area contributed by atoms with Crippen LogP contribution in [0, 0.1) is 12.7 Å². The monoisotopic (exact) mass is 291 g/mol. The third kappa shape index (κ3) is 3.77. The summed E-state index contributed by atoms with van der Waals surface area (Å²) in [5, 5.41) is 3.01. The summed E-state index contributed by atoms with van der Waals surface area (Å²) in [4.78, 5) is 14.4. The largest absolute Gasteiger partial charge is 0.424 e. The van der Waals surface area contributed by atoms with Gasteiger partial charge in [-0.1, -0.05) is 6.07 Å². The second-order valence-electron chi connectivity index (χ2n) is 4.68. The van der Waals surface area contributed by atoms with Crippen molar-refractivity contribution in [3.8, 4) is 11.8 Å². The Morgan fingerprint density at radius 1 is 1.24 bits per heavy atom. The molecular formula is C14H18FN5O. The summed E-state index contributed by atoms with van der Waals surface area (Å²) >= 11 is 0. The molecule has 0 unspecified atom stereocenters. The fourth-order valence-electron chi connectivity index (χ4n) is 1.61. The van der Waals surface area contributed by atoms with E-state index in [2.05, 4.69) is 20.3 Å². The van der Waals surface area contributed by atoms with Crippen molar-refractivity contribution in [2.24, 2.45) is 0 Å². The molecule has 6 nitrogen and oxygen atoms in total. The number of hydrogen-bond donors (Lipinski definition) is 1. The lowest BCUT2D eigenvalue weighted by Gasteiger charge is -2.13. The molecule has 0 saturated heterocycles. The van der Waals surface area contributed by atoms with Crippen LogP contribution in [0.1, 0.15) is 12.5 Å². The summed E-state index contributed by atoms with van der Waals surface area (Å²) in [6.07, 6.45) is 0. The lowest BCUT2D eigenvalue weighted by molar-refractivity contribution is 0.433. The first kappa shape index (κ1) is 15.0. The zero-order chi connectivity index (χ0) is 15.4. The van der Waals surface area contributed by atoms with E-state index in [1.54, 1.807) is 11.0 Å². The Bertz CT molecular complexity index is 633. The average molecular weight is 291 g/mol. The smallest absolute Gasteiger partial charge is 0.328 e. The Hall–Kier alpha value is -2.44. The van der Waals surface area contributed by atoms with Crippen LogP contribution < -0.4 is 15.0 Å². The summed E-state index contributed by atoms with van der Waals surface area (Å²) in [6.45, 7) is 4.44. The molecule has 112 valence electrons. The molecule has 0 amide bonds. The van der Waals surface area contributed by atoms with Gasteiger partial charge in [0, 0.05) is 26.7 Å². The molecule has 0 atom stereocenters. The molecule has 1 heterocycles. The van der Waals surface area contributed by atoms with Crippen molar-refractivity contribution < 1.29 is 9.13 Å². The van der Waals surface area contributed by atoms with Gasteiger partial charge in [-0.05, 0) is 25.5 Å². The van der Waals surface area contributed by atoms with Crippen LogP contribution in [-0.2, 0) is 0 Å². The van der Waals surface area contributed by atoms with Gasteiger partial charge < -0.3 is 15.0 Å². The van der Waals surface area contributed by atoms with Gasteiger partial charge in [0.25, 0.3) is 0 Å². The van der Waals surface area contributed by atoms with Crippen LogP contribution in [0.3, 0.4) is 0 Å². The number of nitrogens with zero attached hydrogens (tertiary/aromatic N) is 4. The fourth-order valence-corrected chi connectivity index (χ4v) is 1.61. The highest BCUT2D eigenvalue weighted by Crippen LogP contribution is 2.24. The van der Waals surface area contributed by atoms with E-state index in [0.717, 1.165) is 5.56 Å². The molecule has 0 radical (unpaired) electrons. The highest BCUT2D eigenvalue weighted by atomic mass is 19.1. The predicted molar refractivity (Wildman–Crippen MR) is 79.5 cm³/mol. The Morgan fingerprint density at radius 2 is 2.00 bits per heavy atom. The second kappa shape index (κ2) is 6.34. The van der Waals surface area contributed by atoms with E-state index in [1.165, 1.54) is 12.1 Å². The van der Waals surface area contributed by atoms with Crippen molar-refractivity contribution in [2.45, 2.75) is 13.8 Å². The van der Waals surface area contributed by atoms with Crippen LogP contribution in [0.5, 0.6) is 11.8 Å². The molecule has 7 heteroatoms. The molecule has 0 aliphatic rings. The molecule has 0 aliphatic carbocycles. The summed E-state index contributed by atoms with van der Waals surface area (Å²) in [6, 6.07) is 4.45. The first-order valence-electron chi connectivity index (χ1n) is 6.61. The van der Waals surface area contributed by atoms with Crippen molar-refractivity contribution in [2.75, 3.05) is 30.9 Å². The number of nitrogens with one attached hydrogen (secondary N) is 1. The van der Waals surface area contributed by atoms with Crippen molar-refractivity contribution in [3.63, 3.8) is 0 Å². The van der Waals surface area contributed by atoms with Crippen molar-refractivity contribution >= 4 is 11.9 Å². The molecule has 0 saturated carbocycles. The van der Waals surface area contributed by atoms with Gasteiger partial charge in [-0.25, -0.2) is 4.39 Å². The lowest BCUT2D eigenvalue weighted by Crippen LogP contribution is -2.15. The van der Waals surface area contributed by atoms with Crippen LogP contribution in [0.2, 0.25) is 0 Å². The van der Waals surface area contributed by atoms with Crippen molar-refractivity contribution in [1.82, 2.24) is 15.0 Å². The Balaban J connectivity index is 2.36. The van der Waals surface area contributed by atoms with E-state index >= 15 is 0 Å². The average Bonchev–Trinajstić information content (AvgIpc) is 2.43. The van der Waals surface area contributed by atoms with E-state index in [9.17, 15) is 4.39 Å². The molecule has 0 aliphatic heterocycles. The molecule has 21 heavy (non-hydrogen) atoms. The molecule has 0 fully saturated rings. The van der Waals surface area contributed by atoms with Crippen LogP contribution in [0.15, 0.2) is 18.2 Å². The number of ether oxygens (including phenoxy) is 1. The van der Waals surface area contributed by atoms with Gasteiger partial charge in [0.15, 0.2) is 0 Å². The van der Waals surface area contributed by atoms with E-state index in [-0.39, 0.29) is 11.8 Å². The summed E-state index contributed by atoms with van der Waals surface area (Å²) in [5.74, 6) is 0.892. The first-order valence-corrected chi connectivity index (χ1v) is 6.61. The molecule has 2 rings (SSSR count). The Morgan fingerprint density at radius 3 is 2.67 bits per heavy atom. The van der Waals surface area contributed by atoms with E-state index < -0.39 is 0 Å². The van der Waals surface area contributed by atoms with Crippen LogP contribution in [0.4, 0.5) is 16.3 Å². The van der Waals surface area contributed by atoms with Crippen LogP contribution in [-0.4, -0.2) is 35.6 Å².